The molecular weight excluding hydrogens is 322 g/mol. The summed E-state index contributed by atoms with van der Waals surface area (Å²) in [5.74, 6) is -1.47. The zero-order chi connectivity index (χ0) is 18.0. The van der Waals surface area contributed by atoms with Crippen LogP contribution in [0.25, 0.3) is 0 Å². The van der Waals surface area contributed by atoms with Gasteiger partial charge in [0.1, 0.15) is 6.54 Å². The number of esters is 1. The fraction of sp³-hybridized carbons (Fsp3) is 0.167. The predicted molar refractivity (Wildman–Crippen MR) is 93.3 cm³/mol. The summed E-state index contributed by atoms with van der Waals surface area (Å²) in [6, 6.07) is 11.9. The van der Waals surface area contributed by atoms with Crippen LogP contribution in [0.3, 0.4) is 0 Å². The van der Waals surface area contributed by atoms with Gasteiger partial charge < -0.3 is 15.8 Å². The summed E-state index contributed by atoms with van der Waals surface area (Å²) in [5.41, 5.74) is 8.26. The lowest BCUT2D eigenvalue weighted by Gasteiger charge is -2.28. The second-order valence-corrected chi connectivity index (χ2v) is 5.66. The van der Waals surface area contributed by atoms with Crippen LogP contribution in [-0.2, 0) is 14.3 Å². The molecule has 3 rings (SSSR count). The van der Waals surface area contributed by atoms with E-state index < -0.39 is 18.5 Å². The van der Waals surface area contributed by atoms with Crippen LogP contribution in [0.5, 0.6) is 0 Å². The number of nitrogens with zero attached hydrogens (tertiary/aromatic N) is 1. The summed E-state index contributed by atoms with van der Waals surface area (Å²) >= 11 is 0. The smallest absolute Gasteiger partial charge is 0.340 e. The van der Waals surface area contributed by atoms with Crippen molar-refractivity contribution in [3.05, 3.63) is 53.6 Å². The molecule has 0 saturated heterocycles. The van der Waals surface area contributed by atoms with Gasteiger partial charge >= 0.3 is 5.97 Å². The molecule has 128 valence electrons. The zero-order valence-corrected chi connectivity index (χ0v) is 13.6. The Balaban J connectivity index is 1.72. The molecule has 0 radical (unpaired) electrons. The molecule has 25 heavy (non-hydrogen) atoms. The number of aryl methyl sites for hydroxylation is 1. The molecular formula is C18H17N3O4. The molecule has 0 aliphatic carbocycles. The van der Waals surface area contributed by atoms with E-state index in [1.807, 2.05) is 0 Å². The first-order chi connectivity index (χ1) is 12.0. The van der Waals surface area contributed by atoms with Crippen molar-refractivity contribution in [2.45, 2.75) is 6.92 Å². The van der Waals surface area contributed by atoms with Gasteiger partial charge in [0, 0.05) is 5.69 Å². The first kappa shape index (κ1) is 16.5. The number of nitrogens with one attached hydrogen (secondary N) is 1. The van der Waals surface area contributed by atoms with Crippen LogP contribution in [0.4, 0.5) is 17.1 Å². The maximum atomic E-state index is 12.4. The lowest BCUT2D eigenvalue weighted by atomic mass is 10.1. The Kier molecular flexibility index (Phi) is 4.38. The predicted octanol–water partition coefficient (Wildman–Crippen LogP) is 1.72. The molecule has 0 unspecified atom stereocenters. The van der Waals surface area contributed by atoms with Crippen LogP contribution in [0.1, 0.15) is 15.9 Å². The van der Waals surface area contributed by atoms with E-state index in [1.165, 1.54) is 4.90 Å². The Morgan fingerprint density at radius 1 is 1.20 bits per heavy atom. The highest BCUT2D eigenvalue weighted by Crippen LogP contribution is 2.28. The van der Waals surface area contributed by atoms with E-state index in [0.29, 0.717) is 17.1 Å². The van der Waals surface area contributed by atoms with Crippen molar-refractivity contribution in [1.82, 2.24) is 0 Å². The van der Waals surface area contributed by atoms with Crippen molar-refractivity contribution < 1.29 is 19.1 Å². The molecule has 7 heteroatoms. The highest BCUT2D eigenvalue weighted by molar-refractivity contribution is 6.10. The second kappa shape index (κ2) is 6.64. The highest BCUT2D eigenvalue weighted by Gasteiger charge is 2.27. The summed E-state index contributed by atoms with van der Waals surface area (Å²) in [4.78, 5) is 37.6. The number of carbonyl (C=O) groups is 3. The lowest BCUT2D eigenvalue weighted by molar-refractivity contribution is -0.124. The fourth-order valence-corrected chi connectivity index (χ4v) is 2.60. The normalized spacial score (nSPS) is 13.0. The molecule has 0 aromatic heterocycles. The van der Waals surface area contributed by atoms with E-state index in [4.69, 9.17) is 10.5 Å². The van der Waals surface area contributed by atoms with Gasteiger partial charge in [-0.05, 0) is 30.7 Å². The first-order valence-corrected chi connectivity index (χ1v) is 7.69. The van der Waals surface area contributed by atoms with Crippen molar-refractivity contribution in [3.63, 3.8) is 0 Å². The Bertz CT molecular complexity index is 863. The summed E-state index contributed by atoms with van der Waals surface area (Å²) < 4.78 is 5.09. The first-order valence-electron chi connectivity index (χ1n) is 7.69. The molecule has 0 saturated carbocycles. The molecule has 7 nitrogen and oxygen atoms in total. The number of nitrogen functional groups attached to an aromatic ring is 1. The van der Waals surface area contributed by atoms with Gasteiger partial charge in [-0.1, -0.05) is 24.3 Å². The summed E-state index contributed by atoms with van der Waals surface area (Å²) in [6.45, 7) is 1.17. The Labute approximate surface area is 144 Å². The molecule has 3 N–H and O–H groups in total. The van der Waals surface area contributed by atoms with Crippen LogP contribution in [0, 0.1) is 6.92 Å². The van der Waals surface area contributed by atoms with Gasteiger partial charge in [-0.2, -0.15) is 0 Å². The maximum Gasteiger partial charge on any atom is 0.340 e. The Morgan fingerprint density at radius 3 is 2.76 bits per heavy atom. The number of carbonyl (C=O) groups excluding carboxylic acids is 3. The number of fused-ring (bicyclic) bond motifs is 1. The van der Waals surface area contributed by atoms with E-state index in [-0.39, 0.29) is 18.0 Å². The van der Waals surface area contributed by atoms with Crippen LogP contribution >= 0.6 is 0 Å². The molecule has 0 bridgehead atoms. The van der Waals surface area contributed by atoms with E-state index >= 15 is 0 Å². The molecule has 2 aromatic carbocycles. The average Bonchev–Trinajstić information content (AvgIpc) is 2.61. The number of hydrogen-bond donors (Lipinski definition) is 2. The average molecular weight is 339 g/mol. The molecule has 1 aliphatic heterocycles. The van der Waals surface area contributed by atoms with E-state index in [2.05, 4.69) is 5.32 Å². The molecule has 2 amide bonds. The zero-order valence-electron chi connectivity index (χ0n) is 13.6. The molecule has 0 spiro atoms. The molecule has 1 heterocycles. The van der Waals surface area contributed by atoms with E-state index in [9.17, 15) is 14.4 Å². The Morgan fingerprint density at radius 2 is 1.96 bits per heavy atom. The van der Waals surface area contributed by atoms with Gasteiger partial charge in [0.25, 0.3) is 5.91 Å². The third kappa shape index (κ3) is 3.30. The quantitative estimate of drug-likeness (QED) is 0.655. The number of hydrogen-bond acceptors (Lipinski definition) is 5. The fourth-order valence-electron chi connectivity index (χ4n) is 2.60. The third-order valence-electron chi connectivity index (χ3n) is 3.94. The van der Waals surface area contributed by atoms with Gasteiger partial charge in [-0.3, -0.25) is 14.5 Å². The standard InChI is InChI=1S/C18H17N3O4/c1-11-5-4-6-12(17(11)19)18(24)25-10-16(23)21-9-15(22)20-13-7-2-3-8-14(13)21/h2-8H,9-10,19H2,1H3,(H,20,22). The number of benzene rings is 2. The van der Waals surface area contributed by atoms with Crippen molar-refractivity contribution in [3.8, 4) is 0 Å². The number of para-hydroxylation sites is 3. The molecule has 1 aliphatic rings. The number of anilines is 3. The summed E-state index contributed by atoms with van der Waals surface area (Å²) in [5, 5.41) is 2.69. The van der Waals surface area contributed by atoms with E-state index in [1.54, 1.807) is 49.4 Å². The van der Waals surface area contributed by atoms with Gasteiger partial charge in [-0.25, -0.2) is 4.79 Å². The van der Waals surface area contributed by atoms with Crippen molar-refractivity contribution >= 4 is 34.8 Å². The third-order valence-corrected chi connectivity index (χ3v) is 3.94. The maximum absolute atomic E-state index is 12.4. The van der Waals surface area contributed by atoms with Crippen molar-refractivity contribution in [2.75, 3.05) is 29.1 Å². The number of ether oxygens (including phenoxy) is 1. The highest BCUT2D eigenvalue weighted by atomic mass is 16.5. The van der Waals surface area contributed by atoms with Crippen LogP contribution in [0.15, 0.2) is 42.5 Å². The van der Waals surface area contributed by atoms with Gasteiger partial charge in [0.05, 0.1) is 16.9 Å². The Hall–Kier alpha value is -3.35. The summed E-state index contributed by atoms with van der Waals surface area (Å²) in [7, 11) is 0. The molecule has 0 fully saturated rings. The largest absolute Gasteiger partial charge is 0.452 e. The van der Waals surface area contributed by atoms with Crippen molar-refractivity contribution in [2.24, 2.45) is 0 Å². The topological polar surface area (TPSA) is 102 Å². The number of rotatable bonds is 3. The van der Waals surface area contributed by atoms with Gasteiger partial charge in [0.15, 0.2) is 6.61 Å². The molecule has 2 aromatic rings. The number of amides is 2. The number of nitrogens with two attached hydrogens (primary N) is 1. The second-order valence-electron chi connectivity index (χ2n) is 5.66. The van der Waals surface area contributed by atoms with Gasteiger partial charge in [-0.15, -0.1) is 0 Å². The van der Waals surface area contributed by atoms with Gasteiger partial charge in [0.2, 0.25) is 5.91 Å². The minimum atomic E-state index is -0.677. The van der Waals surface area contributed by atoms with Crippen molar-refractivity contribution in [1.29, 1.82) is 0 Å². The minimum absolute atomic E-state index is 0.125. The van der Waals surface area contributed by atoms with E-state index in [0.717, 1.165) is 5.56 Å². The summed E-state index contributed by atoms with van der Waals surface area (Å²) in [6.07, 6.45) is 0. The minimum Gasteiger partial charge on any atom is -0.452 e. The van der Waals surface area contributed by atoms with Crippen LogP contribution in [-0.4, -0.2) is 30.9 Å². The van der Waals surface area contributed by atoms with Crippen LogP contribution < -0.4 is 16.0 Å². The lowest BCUT2D eigenvalue weighted by Crippen LogP contribution is -2.44. The molecule has 0 atom stereocenters. The van der Waals surface area contributed by atoms with Crippen LogP contribution in [0.2, 0.25) is 0 Å². The monoisotopic (exact) mass is 339 g/mol. The SMILES string of the molecule is Cc1cccc(C(=O)OCC(=O)N2CC(=O)Nc3ccccc32)c1N.